The molecule has 0 bridgehead atoms. The lowest BCUT2D eigenvalue weighted by Crippen LogP contribution is -2.31. The summed E-state index contributed by atoms with van der Waals surface area (Å²) >= 11 is 0. The molecule has 0 radical (unpaired) electrons. The Balaban J connectivity index is 4.02. The van der Waals surface area contributed by atoms with E-state index in [1.807, 2.05) is 0 Å². The van der Waals surface area contributed by atoms with Gasteiger partial charge in [0.1, 0.15) is 0 Å². The highest BCUT2D eigenvalue weighted by Gasteiger charge is 2.18. The Morgan fingerprint density at radius 2 is 2.00 bits per heavy atom. The molecule has 0 aromatic carbocycles. The van der Waals surface area contributed by atoms with Gasteiger partial charge in [-0.25, -0.2) is 12.7 Å². The van der Waals surface area contributed by atoms with Gasteiger partial charge in [0.2, 0.25) is 10.0 Å². The SMILES string of the molecule is CCOC(=O)CCN(C)S(=O)(=O)CCCOC. The molecule has 0 aliphatic carbocycles. The predicted octanol–water partition coefficient (Wildman–Crippen LogP) is 0.238. The van der Waals surface area contributed by atoms with Crippen LogP contribution in [0.5, 0.6) is 0 Å². The Hall–Kier alpha value is -0.660. The highest BCUT2D eigenvalue weighted by molar-refractivity contribution is 7.89. The van der Waals surface area contributed by atoms with Crippen LogP contribution in [0.2, 0.25) is 0 Å². The zero-order chi connectivity index (χ0) is 13.3. The van der Waals surface area contributed by atoms with Crippen molar-refractivity contribution in [1.82, 2.24) is 4.31 Å². The fraction of sp³-hybridized carbons (Fsp3) is 0.900. The number of carbonyl (C=O) groups excluding carboxylic acids is 1. The summed E-state index contributed by atoms with van der Waals surface area (Å²) in [5, 5.41) is 0. The van der Waals surface area contributed by atoms with Crippen molar-refractivity contribution in [3.63, 3.8) is 0 Å². The maximum atomic E-state index is 11.7. The highest BCUT2D eigenvalue weighted by atomic mass is 32.2. The molecular weight excluding hydrogens is 246 g/mol. The van der Waals surface area contributed by atoms with Gasteiger partial charge in [-0.1, -0.05) is 0 Å². The minimum absolute atomic E-state index is 0.0279. The third-order valence-corrected chi connectivity index (χ3v) is 4.10. The number of hydrogen-bond donors (Lipinski definition) is 0. The summed E-state index contributed by atoms with van der Waals surface area (Å²) in [4.78, 5) is 11.1. The number of esters is 1. The molecule has 0 saturated carbocycles. The molecule has 6 nitrogen and oxygen atoms in total. The molecule has 7 heteroatoms. The fourth-order valence-electron chi connectivity index (χ4n) is 1.16. The van der Waals surface area contributed by atoms with Gasteiger partial charge in [0.25, 0.3) is 0 Å². The molecule has 0 aromatic heterocycles. The van der Waals surface area contributed by atoms with Gasteiger partial charge in [-0.05, 0) is 13.3 Å². The molecule has 17 heavy (non-hydrogen) atoms. The van der Waals surface area contributed by atoms with Crippen molar-refractivity contribution in [1.29, 1.82) is 0 Å². The standard InChI is InChI=1S/C10H21NO5S/c1-4-16-10(12)6-7-11(2)17(13,14)9-5-8-15-3/h4-9H2,1-3H3. The van der Waals surface area contributed by atoms with Crippen LogP contribution in [0, 0.1) is 0 Å². The Morgan fingerprint density at radius 3 is 2.53 bits per heavy atom. The van der Waals surface area contributed by atoms with E-state index in [2.05, 4.69) is 0 Å². The van der Waals surface area contributed by atoms with Crippen molar-refractivity contribution < 1.29 is 22.7 Å². The van der Waals surface area contributed by atoms with Crippen LogP contribution >= 0.6 is 0 Å². The predicted molar refractivity (Wildman–Crippen MR) is 64.2 cm³/mol. The number of nitrogens with zero attached hydrogens (tertiary/aromatic N) is 1. The quantitative estimate of drug-likeness (QED) is 0.442. The van der Waals surface area contributed by atoms with E-state index in [0.717, 1.165) is 0 Å². The van der Waals surface area contributed by atoms with Gasteiger partial charge in [-0.3, -0.25) is 4.79 Å². The van der Waals surface area contributed by atoms with Gasteiger partial charge in [0, 0.05) is 27.3 Å². The Bertz CT molecular complexity index is 315. The molecule has 0 saturated heterocycles. The van der Waals surface area contributed by atoms with Crippen molar-refractivity contribution in [3.05, 3.63) is 0 Å². The van der Waals surface area contributed by atoms with Gasteiger partial charge in [-0.2, -0.15) is 0 Å². The molecule has 102 valence electrons. The molecule has 0 aromatic rings. The molecular formula is C10H21NO5S. The van der Waals surface area contributed by atoms with E-state index in [1.54, 1.807) is 6.92 Å². The maximum absolute atomic E-state index is 11.7. The summed E-state index contributed by atoms with van der Waals surface area (Å²) in [6, 6.07) is 0. The molecule has 0 aliphatic rings. The minimum Gasteiger partial charge on any atom is -0.466 e. The second kappa shape index (κ2) is 8.43. The van der Waals surface area contributed by atoms with Crippen LogP contribution in [0.15, 0.2) is 0 Å². The normalized spacial score (nSPS) is 11.8. The van der Waals surface area contributed by atoms with Crippen molar-refractivity contribution in [3.8, 4) is 0 Å². The van der Waals surface area contributed by atoms with Crippen molar-refractivity contribution in [2.45, 2.75) is 19.8 Å². The molecule has 0 spiro atoms. The maximum Gasteiger partial charge on any atom is 0.307 e. The van der Waals surface area contributed by atoms with E-state index < -0.39 is 10.0 Å². The zero-order valence-electron chi connectivity index (χ0n) is 10.6. The van der Waals surface area contributed by atoms with E-state index in [1.165, 1.54) is 18.5 Å². The van der Waals surface area contributed by atoms with Crippen LogP contribution in [-0.2, 0) is 24.3 Å². The lowest BCUT2D eigenvalue weighted by Gasteiger charge is -2.16. The lowest BCUT2D eigenvalue weighted by molar-refractivity contribution is -0.143. The number of ether oxygens (including phenoxy) is 2. The third kappa shape index (κ3) is 7.30. The summed E-state index contributed by atoms with van der Waals surface area (Å²) in [7, 11) is -0.313. The second-order valence-corrected chi connectivity index (χ2v) is 5.73. The van der Waals surface area contributed by atoms with Gasteiger partial charge in [0.05, 0.1) is 18.8 Å². The van der Waals surface area contributed by atoms with Crippen LogP contribution in [0.3, 0.4) is 0 Å². The first-order valence-corrected chi connectivity index (χ1v) is 7.13. The van der Waals surface area contributed by atoms with Crippen LogP contribution in [0.25, 0.3) is 0 Å². The third-order valence-electron chi connectivity index (χ3n) is 2.16. The molecule has 0 rings (SSSR count). The summed E-state index contributed by atoms with van der Waals surface area (Å²) in [5.41, 5.74) is 0. The van der Waals surface area contributed by atoms with Gasteiger partial charge < -0.3 is 9.47 Å². The summed E-state index contributed by atoms with van der Waals surface area (Å²) in [6.45, 7) is 2.57. The van der Waals surface area contributed by atoms with E-state index in [0.29, 0.717) is 19.6 Å². The average molecular weight is 267 g/mol. The molecule has 0 N–H and O–H groups in total. The number of methoxy groups -OCH3 is 1. The molecule has 0 fully saturated rings. The largest absolute Gasteiger partial charge is 0.466 e. The molecule has 0 aliphatic heterocycles. The average Bonchev–Trinajstić information content (AvgIpc) is 2.26. The van der Waals surface area contributed by atoms with Crippen molar-refractivity contribution in [2.24, 2.45) is 0 Å². The van der Waals surface area contributed by atoms with E-state index in [-0.39, 0.29) is 24.7 Å². The number of sulfonamides is 1. The topological polar surface area (TPSA) is 72.9 Å². The Labute approximate surface area is 103 Å². The first-order valence-electron chi connectivity index (χ1n) is 5.52. The van der Waals surface area contributed by atoms with Gasteiger partial charge in [0.15, 0.2) is 0 Å². The smallest absolute Gasteiger partial charge is 0.307 e. The summed E-state index contributed by atoms with van der Waals surface area (Å²) in [6.07, 6.45) is 0.524. The number of hydrogen-bond acceptors (Lipinski definition) is 5. The lowest BCUT2D eigenvalue weighted by atomic mass is 10.4. The van der Waals surface area contributed by atoms with Crippen molar-refractivity contribution >= 4 is 16.0 Å². The fourth-order valence-corrected chi connectivity index (χ4v) is 2.33. The number of rotatable bonds is 9. The van der Waals surface area contributed by atoms with Crippen LogP contribution in [0.1, 0.15) is 19.8 Å². The first-order chi connectivity index (χ1) is 7.94. The monoisotopic (exact) mass is 267 g/mol. The van der Waals surface area contributed by atoms with Crippen LogP contribution < -0.4 is 0 Å². The Kier molecular flexibility index (Phi) is 8.11. The second-order valence-electron chi connectivity index (χ2n) is 3.54. The zero-order valence-corrected chi connectivity index (χ0v) is 11.5. The molecule has 0 amide bonds. The highest BCUT2D eigenvalue weighted by Crippen LogP contribution is 2.02. The van der Waals surface area contributed by atoms with Crippen LogP contribution in [0.4, 0.5) is 0 Å². The minimum atomic E-state index is -3.30. The molecule has 0 atom stereocenters. The van der Waals surface area contributed by atoms with Crippen molar-refractivity contribution in [2.75, 3.05) is 39.7 Å². The van der Waals surface area contributed by atoms with E-state index in [9.17, 15) is 13.2 Å². The Morgan fingerprint density at radius 1 is 1.35 bits per heavy atom. The molecule has 0 heterocycles. The first kappa shape index (κ1) is 16.3. The summed E-state index contributed by atoms with van der Waals surface area (Å²) < 4.78 is 34.1. The van der Waals surface area contributed by atoms with Gasteiger partial charge >= 0.3 is 5.97 Å². The van der Waals surface area contributed by atoms with Crippen LogP contribution in [-0.4, -0.2) is 58.4 Å². The summed E-state index contributed by atoms with van der Waals surface area (Å²) in [5.74, 6) is -0.355. The van der Waals surface area contributed by atoms with E-state index >= 15 is 0 Å². The molecule has 0 unspecified atom stereocenters. The van der Waals surface area contributed by atoms with E-state index in [4.69, 9.17) is 9.47 Å². The number of carbonyl (C=O) groups is 1. The van der Waals surface area contributed by atoms with Gasteiger partial charge in [-0.15, -0.1) is 0 Å².